The Morgan fingerprint density at radius 3 is 2.56 bits per heavy atom. The van der Waals surface area contributed by atoms with Gasteiger partial charge in [-0.2, -0.15) is 0 Å². The quantitative estimate of drug-likeness (QED) is 0.757. The van der Waals surface area contributed by atoms with Gasteiger partial charge in [0.2, 0.25) is 0 Å². The molecule has 0 atom stereocenters. The third kappa shape index (κ3) is 3.44. The number of fused-ring (bicyclic) bond motifs is 1. The van der Waals surface area contributed by atoms with E-state index < -0.39 is 0 Å². The highest BCUT2D eigenvalue weighted by atomic mass is 35.5. The summed E-state index contributed by atoms with van der Waals surface area (Å²) in [4.78, 5) is 3.89. The SMILES string of the molecule is Oc1ccc2ccccc2c1C[NH+]1CCN(c2cccc(Cl)c2)CC1. The number of piperazine rings is 1. The largest absolute Gasteiger partial charge is 0.507 e. The van der Waals surface area contributed by atoms with Crippen LogP contribution in [-0.4, -0.2) is 31.3 Å². The van der Waals surface area contributed by atoms with Gasteiger partial charge in [0, 0.05) is 10.7 Å². The van der Waals surface area contributed by atoms with E-state index in [1.54, 1.807) is 0 Å². The van der Waals surface area contributed by atoms with E-state index in [0.29, 0.717) is 5.75 Å². The molecule has 1 heterocycles. The van der Waals surface area contributed by atoms with Crippen LogP contribution in [0.15, 0.2) is 60.7 Å². The Balaban J connectivity index is 1.48. The number of halogens is 1. The molecule has 1 aliphatic heterocycles. The van der Waals surface area contributed by atoms with E-state index in [1.807, 2.05) is 42.5 Å². The molecule has 3 aromatic carbocycles. The number of phenols is 1. The second kappa shape index (κ2) is 6.95. The predicted molar refractivity (Wildman–Crippen MR) is 104 cm³/mol. The molecular formula is C21H22ClN2O+. The summed E-state index contributed by atoms with van der Waals surface area (Å²) in [6.07, 6.45) is 0. The van der Waals surface area contributed by atoms with Gasteiger partial charge in [-0.3, -0.25) is 0 Å². The normalized spacial score (nSPS) is 15.6. The highest BCUT2D eigenvalue weighted by Crippen LogP contribution is 2.26. The Morgan fingerprint density at radius 2 is 1.76 bits per heavy atom. The van der Waals surface area contributed by atoms with Gasteiger partial charge in [0.1, 0.15) is 12.3 Å². The van der Waals surface area contributed by atoms with Crippen LogP contribution in [0.4, 0.5) is 5.69 Å². The summed E-state index contributed by atoms with van der Waals surface area (Å²) >= 11 is 6.11. The predicted octanol–water partition coefficient (Wildman–Crippen LogP) is 3.10. The molecule has 1 fully saturated rings. The maximum Gasteiger partial charge on any atom is 0.125 e. The van der Waals surface area contributed by atoms with E-state index >= 15 is 0 Å². The molecule has 4 rings (SSSR count). The third-order valence-corrected chi connectivity index (χ3v) is 5.32. The van der Waals surface area contributed by atoms with Crippen molar-refractivity contribution in [3.05, 3.63) is 71.2 Å². The molecular weight excluding hydrogens is 332 g/mol. The minimum Gasteiger partial charge on any atom is -0.507 e. The maximum atomic E-state index is 10.4. The molecule has 0 amide bonds. The van der Waals surface area contributed by atoms with Gasteiger partial charge in [-0.1, -0.05) is 48.0 Å². The first-order valence-corrected chi connectivity index (χ1v) is 9.12. The number of quaternary nitrogens is 1. The zero-order chi connectivity index (χ0) is 17.2. The Kier molecular flexibility index (Phi) is 4.51. The molecule has 25 heavy (non-hydrogen) atoms. The third-order valence-electron chi connectivity index (χ3n) is 5.09. The number of hydrogen-bond donors (Lipinski definition) is 2. The Labute approximate surface area is 153 Å². The average molecular weight is 354 g/mol. The molecule has 0 saturated carbocycles. The van der Waals surface area contributed by atoms with Gasteiger partial charge in [0.15, 0.2) is 0 Å². The minimum atomic E-state index is 0.406. The van der Waals surface area contributed by atoms with Crippen molar-refractivity contribution >= 4 is 28.1 Å². The van der Waals surface area contributed by atoms with E-state index in [1.165, 1.54) is 16.0 Å². The lowest BCUT2D eigenvalue weighted by Gasteiger charge is -2.34. The molecule has 2 N–H and O–H groups in total. The van der Waals surface area contributed by atoms with Crippen LogP contribution in [-0.2, 0) is 6.54 Å². The van der Waals surface area contributed by atoms with Gasteiger partial charge in [-0.15, -0.1) is 0 Å². The molecule has 1 aliphatic rings. The van der Waals surface area contributed by atoms with Crippen LogP contribution in [0.2, 0.25) is 5.02 Å². The van der Waals surface area contributed by atoms with Crippen LogP contribution in [0.3, 0.4) is 0 Å². The smallest absolute Gasteiger partial charge is 0.125 e. The van der Waals surface area contributed by atoms with Crippen molar-refractivity contribution in [2.24, 2.45) is 0 Å². The lowest BCUT2D eigenvalue weighted by Crippen LogP contribution is -3.13. The van der Waals surface area contributed by atoms with Crippen molar-refractivity contribution in [2.75, 3.05) is 31.1 Å². The number of hydrogen-bond acceptors (Lipinski definition) is 2. The molecule has 3 nitrogen and oxygen atoms in total. The topological polar surface area (TPSA) is 27.9 Å². The van der Waals surface area contributed by atoms with Crippen LogP contribution in [0.5, 0.6) is 5.75 Å². The number of nitrogens with one attached hydrogen (secondary N) is 1. The Morgan fingerprint density at radius 1 is 0.960 bits per heavy atom. The number of nitrogens with zero attached hydrogens (tertiary/aromatic N) is 1. The molecule has 0 bridgehead atoms. The zero-order valence-electron chi connectivity index (χ0n) is 14.1. The van der Waals surface area contributed by atoms with Gasteiger partial charge in [0.05, 0.1) is 31.7 Å². The van der Waals surface area contributed by atoms with Crippen molar-refractivity contribution in [3.8, 4) is 5.75 Å². The lowest BCUT2D eigenvalue weighted by molar-refractivity contribution is -0.914. The van der Waals surface area contributed by atoms with E-state index in [2.05, 4.69) is 23.1 Å². The van der Waals surface area contributed by atoms with Crippen LogP contribution >= 0.6 is 11.6 Å². The molecule has 0 unspecified atom stereocenters. The molecule has 0 aliphatic carbocycles. The van der Waals surface area contributed by atoms with Gasteiger partial charge >= 0.3 is 0 Å². The van der Waals surface area contributed by atoms with Crippen molar-refractivity contribution in [1.82, 2.24) is 0 Å². The monoisotopic (exact) mass is 353 g/mol. The van der Waals surface area contributed by atoms with Gasteiger partial charge < -0.3 is 14.9 Å². The van der Waals surface area contributed by atoms with Crippen molar-refractivity contribution in [1.29, 1.82) is 0 Å². The number of anilines is 1. The maximum absolute atomic E-state index is 10.4. The molecule has 0 aromatic heterocycles. The average Bonchev–Trinajstić information content (AvgIpc) is 2.65. The second-order valence-corrected chi connectivity index (χ2v) is 7.11. The fourth-order valence-electron chi connectivity index (χ4n) is 3.69. The molecule has 0 spiro atoms. The summed E-state index contributed by atoms with van der Waals surface area (Å²) in [7, 11) is 0. The summed E-state index contributed by atoms with van der Waals surface area (Å²) in [5, 5.41) is 13.5. The molecule has 0 radical (unpaired) electrons. The highest BCUT2D eigenvalue weighted by Gasteiger charge is 2.22. The van der Waals surface area contributed by atoms with Crippen molar-refractivity contribution in [3.63, 3.8) is 0 Å². The van der Waals surface area contributed by atoms with Crippen LogP contribution < -0.4 is 9.80 Å². The summed E-state index contributed by atoms with van der Waals surface area (Å²) in [5.41, 5.74) is 2.25. The zero-order valence-corrected chi connectivity index (χ0v) is 14.8. The fraction of sp³-hybridized carbons (Fsp3) is 0.238. The lowest BCUT2D eigenvalue weighted by atomic mass is 10.0. The highest BCUT2D eigenvalue weighted by molar-refractivity contribution is 6.30. The summed E-state index contributed by atoms with van der Waals surface area (Å²) in [6.45, 7) is 4.96. The second-order valence-electron chi connectivity index (χ2n) is 6.68. The molecule has 1 saturated heterocycles. The standard InChI is InChI=1S/C21H21ClN2O/c22-17-5-3-6-18(14-17)24-12-10-23(11-13-24)15-20-19-7-2-1-4-16(19)8-9-21(20)25/h1-9,14,25H,10-13,15H2/p+1. The first-order valence-electron chi connectivity index (χ1n) is 8.74. The Bertz CT molecular complexity index is 888. The summed E-state index contributed by atoms with van der Waals surface area (Å²) < 4.78 is 0. The minimum absolute atomic E-state index is 0.406. The first kappa shape index (κ1) is 16.2. The van der Waals surface area contributed by atoms with E-state index in [-0.39, 0.29) is 0 Å². The van der Waals surface area contributed by atoms with Crippen LogP contribution in [0.25, 0.3) is 10.8 Å². The Hall–Kier alpha value is -2.23. The molecule has 4 heteroatoms. The van der Waals surface area contributed by atoms with Gasteiger partial charge in [-0.05, 0) is 35.0 Å². The first-order chi connectivity index (χ1) is 12.2. The van der Waals surface area contributed by atoms with Gasteiger partial charge in [0.25, 0.3) is 0 Å². The molecule has 128 valence electrons. The number of aromatic hydroxyl groups is 1. The van der Waals surface area contributed by atoms with Crippen LogP contribution in [0, 0.1) is 0 Å². The van der Waals surface area contributed by atoms with Gasteiger partial charge in [-0.25, -0.2) is 0 Å². The summed E-state index contributed by atoms with van der Waals surface area (Å²) in [5.74, 6) is 0.406. The number of rotatable bonds is 3. The van der Waals surface area contributed by atoms with E-state index in [4.69, 9.17) is 11.6 Å². The van der Waals surface area contributed by atoms with E-state index in [0.717, 1.165) is 48.7 Å². The molecule has 3 aromatic rings. The van der Waals surface area contributed by atoms with Crippen LogP contribution in [0.1, 0.15) is 5.56 Å². The van der Waals surface area contributed by atoms with E-state index in [9.17, 15) is 5.11 Å². The van der Waals surface area contributed by atoms with Crippen molar-refractivity contribution in [2.45, 2.75) is 6.54 Å². The summed E-state index contributed by atoms with van der Waals surface area (Å²) in [6, 6.07) is 20.2. The van der Waals surface area contributed by atoms with Crippen molar-refractivity contribution < 1.29 is 10.0 Å². The number of benzene rings is 3. The fourth-order valence-corrected chi connectivity index (χ4v) is 3.88. The number of phenolic OH excluding ortho intramolecular Hbond substituents is 1.